The second-order valence-electron chi connectivity index (χ2n) is 6.20. The summed E-state index contributed by atoms with van der Waals surface area (Å²) < 4.78 is 23.6. The number of carbonyl (C=O) groups excluding carboxylic acids is 1. The van der Waals surface area contributed by atoms with Crippen molar-refractivity contribution in [2.45, 2.75) is 15.8 Å². The molecule has 3 aromatic rings. The van der Waals surface area contributed by atoms with Crippen LogP contribution in [0.3, 0.4) is 0 Å². The number of thioether (sulfide) groups is 1. The van der Waals surface area contributed by atoms with Crippen LogP contribution >= 0.6 is 23.1 Å². The van der Waals surface area contributed by atoms with Crippen LogP contribution in [-0.2, 0) is 21.3 Å². The first-order valence-corrected chi connectivity index (χ1v) is 12.2. The third kappa shape index (κ3) is 6.39. The van der Waals surface area contributed by atoms with Crippen LogP contribution in [0.15, 0.2) is 52.9 Å². The van der Waals surface area contributed by atoms with Crippen molar-refractivity contribution in [1.29, 1.82) is 5.26 Å². The molecule has 0 atom stereocenters. The number of nitrogens with one attached hydrogen (secondary N) is 1. The Balaban J connectivity index is 1.60. The van der Waals surface area contributed by atoms with Crippen molar-refractivity contribution in [3.63, 3.8) is 0 Å². The van der Waals surface area contributed by atoms with E-state index in [4.69, 9.17) is 5.26 Å². The van der Waals surface area contributed by atoms with Crippen LogP contribution in [0.2, 0.25) is 0 Å². The summed E-state index contributed by atoms with van der Waals surface area (Å²) in [5.41, 5.74) is 2.57. The van der Waals surface area contributed by atoms with Gasteiger partial charge in [-0.15, -0.1) is 10.2 Å². The summed E-state index contributed by atoms with van der Waals surface area (Å²) in [5, 5.41) is 19.9. The summed E-state index contributed by atoms with van der Waals surface area (Å²) >= 11 is 2.74. The SMILES string of the molecule is CS(=O)(=O)Cc1cccc(C(=O)Nc2nnc(SCc3ccc(C#N)cc3)s2)c1. The third-order valence-electron chi connectivity index (χ3n) is 3.69. The highest BCUT2D eigenvalue weighted by molar-refractivity contribution is 8.00. The van der Waals surface area contributed by atoms with E-state index < -0.39 is 9.84 Å². The molecule has 29 heavy (non-hydrogen) atoms. The van der Waals surface area contributed by atoms with Crippen LogP contribution in [0.25, 0.3) is 0 Å². The van der Waals surface area contributed by atoms with E-state index >= 15 is 0 Å². The lowest BCUT2D eigenvalue weighted by atomic mass is 10.1. The molecule has 1 N–H and O–H groups in total. The van der Waals surface area contributed by atoms with Crippen molar-refractivity contribution in [2.24, 2.45) is 0 Å². The van der Waals surface area contributed by atoms with Gasteiger partial charge < -0.3 is 0 Å². The number of rotatable bonds is 7. The second-order valence-corrected chi connectivity index (χ2v) is 10.5. The Hall–Kier alpha value is -2.74. The molecule has 0 radical (unpaired) electrons. The van der Waals surface area contributed by atoms with Crippen LogP contribution in [-0.4, -0.2) is 30.8 Å². The molecule has 0 fully saturated rings. The highest BCUT2D eigenvalue weighted by atomic mass is 32.2. The molecular formula is C19H16N4O3S3. The van der Waals surface area contributed by atoms with Gasteiger partial charge in [0.1, 0.15) is 0 Å². The number of hydrogen-bond acceptors (Lipinski definition) is 8. The van der Waals surface area contributed by atoms with Gasteiger partial charge in [0, 0.05) is 17.6 Å². The fourth-order valence-electron chi connectivity index (χ4n) is 2.41. The molecule has 10 heteroatoms. The van der Waals surface area contributed by atoms with Crippen molar-refractivity contribution >= 4 is 44.0 Å². The standard InChI is InChI=1S/C19H16N4O3S3/c1-29(25,26)12-15-3-2-4-16(9-15)17(24)21-18-22-23-19(28-18)27-11-14-7-5-13(10-20)6-8-14/h2-9H,11-12H2,1H3,(H,21,22,24). The Morgan fingerprint density at radius 1 is 1.17 bits per heavy atom. The molecule has 1 aromatic heterocycles. The molecule has 0 spiro atoms. The minimum atomic E-state index is -3.18. The monoisotopic (exact) mass is 444 g/mol. The van der Waals surface area contributed by atoms with E-state index in [0.717, 1.165) is 11.8 Å². The topological polar surface area (TPSA) is 113 Å². The molecule has 0 aliphatic carbocycles. The van der Waals surface area contributed by atoms with E-state index in [1.165, 1.54) is 23.1 Å². The highest BCUT2D eigenvalue weighted by Gasteiger charge is 2.12. The number of aromatic nitrogens is 2. The zero-order valence-electron chi connectivity index (χ0n) is 15.3. The third-order valence-corrected chi connectivity index (χ3v) is 6.59. The summed E-state index contributed by atoms with van der Waals surface area (Å²) in [4.78, 5) is 12.4. The Labute approximate surface area is 176 Å². The van der Waals surface area contributed by atoms with Gasteiger partial charge in [-0.2, -0.15) is 5.26 Å². The summed E-state index contributed by atoms with van der Waals surface area (Å²) in [5.74, 6) is 0.172. The average Bonchev–Trinajstić information content (AvgIpc) is 3.13. The van der Waals surface area contributed by atoms with Gasteiger partial charge in [0.05, 0.1) is 17.4 Å². The van der Waals surface area contributed by atoms with Crippen LogP contribution in [0.4, 0.5) is 5.13 Å². The number of hydrogen-bond donors (Lipinski definition) is 1. The van der Waals surface area contributed by atoms with Crippen molar-refractivity contribution in [3.05, 3.63) is 70.8 Å². The first-order chi connectivity index (χ1) is 13.8. The van der Waals surface area contributed by atoms with E-state index in [1.807, 2.05) is 12.1 Å². The zero-order valence-corrected chi connectivity index (χ0v) is 17.8. The number of amides is 1. The Morgan fingerprint density at radius 3 is 2.62 bits per heavy atom. The normalized spacial score (nSPS) is 11.0. The fraction of sp³-hybridized carbons (Fsp3) is 0.158. The number of carbonyl (C=O) groups is 1. The van der Waals surface area contributed by atoms with Crippen molar-refractivity contribution in [3.8, 4) is 6.07 Å². The molecular weight excluding hydrogens is 428 g/mol. The van der Waals surface area contributed by atoms with E-state index in [1.54, 1.807) is 36.4 Å². The molecule has 0 aliphatic heterocycles. The summed E-state index contributed by atoms with van der Waals surface area (Å²) in [6, 6.07) is 15.9. The van der Waals surface area contributed by atoms with Crippen LogP contribution < -0.4 is 5.32 Å². The molecule has 2 aromatic carbocycles. The smallest absolute Gasteiger partial charge is 0.257 e. The van der Waals surface area contributed by atoms with E-state index in [-0.39, 0.29) is 11.7 Å². The molecule has 0 saturated heterocycles. The maximum absolute atomic E-state index is 12.4. The lowest BCUT2D eigenvalue weighted by Gasteiger charge is -2.04. The van der Waals surface area contributed by atoms with Crippen LogP contribution in [0.5, 0.6) is 0 Å². The van der Waals surface area contributed by atoms with E-state index in [0.29, 0.717) is 31.9 Å². The average molecular weight is 445 g/mol. The molecule has 3 rings (SSSR count). The molecule has 0 unspecified atom stereocenters. The maximum atomic E-state index is 12.4. The van der Waals surface area contributed by atoms with Crippen LogP contribution in [0.1, 0.15) is 27.0 Å². The van der Waals surface area contributed by atoms with E-state index in [9.17, 15) is 13.2 Å². The molecule has 0 saturated carbocycles. The minimum Gasteiger partial charge on any atom is -0.296 e. The molecule has 7 nitrogen and oxygen atoms in total. The minimum absolute atomic E-state index is 0.122. The van der Waals surface area contributed by atoms with Gasteiger partial charge in [-0.3, -0.25) is 10.1 Å². The summed E-state index contributed by atoms with van der Waals surface area (Å²) in [6.45, 7) is 0. The first-order valence-electron chi connectivity index (χ1n) is 8.36. The van der Waals surface area contributed by atoms with Gasteiger partial charge in [0.15, 0.2) is 14.2 Å². The maximum Gasteiger partial charge on any atom is 0.257 e. The lowest BCUT2D eigenvalue weighted by Crippen LogP contribution is -2.12. The van der Waals surface area contributed by atoms with Gasteiger partial charge in [-0.25, -0.2) is 8.42 Å². The van der Waals surface area contributed by atoms with E-state index in [2.05, 4.69) is 21.6 Å². The van der Waals surface area contributed by atoms with Crippen LogP contribution in [0, 0.1) is 11.3 Å². The Morgan fingerprint density at radius 2 is 1.93 bits per heavy atom. The fourth-order valence-corrected chi connectivity index (χ4v) is 4.90. The van der Waals surface area contributed by atoms with Gasteiger partial charge in [0.25, 0.3) is 5.91 Å². The number of sulfone groups is 1. The number of nitrogens with zero attached hydrogens (tertiary/aromatic N) is 3. The molecule has 0 bridgehead atoms. The van der Waals surface area contributed by atoms with Gasteiger partial charge >= 0.3 is 0 Å². The zero-order chi connectivity index (χ0) is 20.9. The van der Waals surface area contributed by atoms with Crippen molar-refractivity contribution in [2.75, 3.05) is 11.6 Å². The Bertz CT molecular complexity index is 1170. The molecule has 0 aliphatic rings. The summed E-state index contributed by atoms with van der Waals surface area (Å²) in [7, 11) is -3.18. The molecule has 1 heterocycles. The number of anilines is 1. The first kappa shape index (κ1) is 21.0. The second kappa shape index (κ2) is 9.17. The number of nitriles is 1. The van der Waals surface area contributed by atoms with Gasteiger partial charge in [-0.1, -0.05) is 47.4 Å². The van der Waals surface area contributed by atoms with Crippen molar-refractivity contribution in [1.82, 2.24) is 10.2 Å². The largest absolute Gasteiger partial charge is 0.296 e. The predicted molar refractivity (Wildman–Crippen MR) is 114 cm³/mol. The molecule has 148 valence electrons. The Kier molecular flexibility index (Phi) is 6.64. The lowest BCUT2D eigenvalue weighted by molar-refractivity contribution is 0.102. The highest BCUT2D eigenvalue weighted by Crippen LogP contribution is 2.28. The quantitative estimate of drug-likeness (QED) is 0.438. The van der Waals surface area contributed by atoms with Crippen molar-refractivity contribution < 1.29 is 13.2 Å². The summed E-state index contributed by atoms with van der Waals surface area (Å²) in [6.07, 6.45) is 1.15. The van der Waals surface area contributed by atoms with Gasteiger partial charge in [-0.05, 0) is 35.4 Å². The predicted octanol–water partition coefficient (Wildman–Crippen LogP) is 3.50. The number of benzene rings is 2. The van der Waals surface area contributed by atoms with Gasteiger partial charge in [0.2, 0.25) is 5.13 Å². The molecule has 1 amide bonds.